The minimum atomic E-state index is -0.399. The summed E-state index contributed by atoms with van der Waals surface area (Å²) in [6.07, 6.45) is 0.502. The third kappa shape index (κ3) is 6.03. The Morgan fingerprint density at radius 3 is 2.33 bits per heavy atom. The zero-order valence-corrected chi connectivity index (χ0v) is 24.3. The topological polar surface area (TPSA) is 92.5 Å². The van der Waals surface area contributed by atoms with Crippen molar-refractivity contribution in [1.82, 2.24) is 25.1 Å². The molecule has 42 heavy (non-hydrogen) atoms. The molecule has 3 aromatic heterocycles. The number of hydrogen-bond acceptors (Lipinski definition) is 8. The van der Waals surface area contributed by atoms with Crippen LogP contribution in [0.15, 0.2) is 93.8 Å². The molecule has 1 atom stereocenters. The maximum atomic E-state index is 13.7. The summed E-state index contributed by atoms with van der Waals surface area (Å²) in [5, 5.41) is 21.7. The number of carbonyl (C=O) groups is 2. The van der Waals surface area contributed by atoms with Crippen LogP contribution in [-0.2, 0) is 11.3 Å². The first kappa shape index (κ1) is 27.9. The van der Waals surface area contributed by atoms with E-state index in [1.165, 1.54) is 40.6 Å². The predicted octanol–water partition coefficient (Wildman–Crippen LogP) is 6.07. The molecule has 0 radical (unpaired) electrons. The molecular formula is C29H22F2N6O2S3. The van der Waals surface area contributed by atoms with Crippen LogP contribution >= 0.6 is 34.4 Å². The van der Waals surface area contributed by atoms with E-state index in [0.29, 0.717) is 28.0 Å². The molecule has 0 fully saturated rings. The highest BCUT2D eigenvalue weighted by molar-refractivity contribution is 7.99. The van der Waals surface area contributed by atoms with Crippen LogP contribution in [0.25, 0.3) is 5.69 Å². The van der Waals surface area contributed by atoms with Gasteiger partial charge in [-0.1, -0.05) is 36.0 Å². The second-order valence-electron chi connectivity index (χ2n) is 9.19. The van der Waals surface area contributed by atoms with Crippen LogP contribution in [0.1, 0.15) is 38.4 Å². The molecule has 0 unspecified atom stereocenters. The fourth-order valence-electron chi connectivity index (χ4n) is 4.48. The van der Waals surface area contributed by atoms with Crippen molar-refractivity contribution in [3.63, 3.8) is 0 Å². The zero-order chi connectivity index (χ0) is 29.1. The molecule has 2 amide bonds. The van der Waals surface area contributed by atoms with Crippen molar-refractivity contribution >= 4 is 52.0 Å². The van der Waals surface area contributed by atoms with Crippen molar-refractivity contribution in [3.05, 3.63) is 116 Å². The van der Waals surface area contributed by atoms with E-state index < -0.39 is 5.82 Å². The van der Waals surface area contributed by atoms with Crippen molar-refractivity contribution in [2.45, 2.75) is 24.2 Å². The number of aromatic nitrogens is 3. The van der Waals surface area contributed by atoms with Gasteiger partial charge < -0.3 is 5.32 Å². The molecule has 0 spiro atoms. The molecule has 4 heterocycles. The first-order valence-corrected chi connectivity index (χ1v) is 15.5. The number of rotatable bonds is 9. The van der Waals surface area contributed by atoms with Gasteiger partial charge in [-0.3, -0.25) is 14.2 Å². The summed E-state index contributed by atoms with van der Waals surface area (Å²) in [7, 11) is 0. The van der Waals surface area contributed by atoms with Crippen molar-refractivity contribution < 1.29 is 18.4 Å². The Hall–Kier alpha value is -4.20. The van der Waals surface area contributed by atoms with Crippen LogP contribution in [-0.4, -0.2) is 43.1 Å². The van der Waals surface area contributed by atoms with Crippen molar-refractivity contribution in [3.8, 4) is 5.69 Å². The van der Waals surface area contributed by atoms with Gasteiger partial charge >= 0.3 is 0 Å². The summed E-state index contributed by atoms with van der Waals surface area (Å²) in [4.78, 5) is 27.6. The fourth-order valence-corrected chi connectivity index (χ4v) is 6.67. The number of amides is 2. The predicted molar refractivity (Wildman–Crippen MR) is 159 cm³/mol. The highest BCUT2D eigenvalue weighted by Gasteiger charge is 2.33. The summed E-state index contributed by atoms with van der Waals surface area (Å²) in [6.45, 7) is 0.0723. The largest absolute Gasteiger partial charge is 0.344 e. The number of hydrogen-bond donors (Lipinski definition) is 1. The van der Waals surface area contributed by atoms with E-state index in [1.54, 1.807) is 52.3 Å². The van der Waals surface area contributed by atoms with E-state index in [2.05, 4.69) is 20.6 Å². The molecule has 1 N–H and O–H groups in total. The van der Waals surface area contributed by atoms with Gasteiger partial charge in [0.05, 0.1) is 33.8 Å². The molecule has 0 saturated heterocycles. The summed E-state index contributed by atoms with van der Waals surface area (Å²) in [5.41, 5.74) is 2.15. The minimum absolute atomic E-state index is 0.0141. The molecule has 1 aliphatic rings. The average molecular weight is 621 g/mol. The van der Waals surface area contributed by atoms with Gasteiger partial charge in [-0.2, -0.15) is 5.10 Å². The number of thioether (sulfide) groups is 1. The van der Waals surface area contributed by atoms with Crippen LogP contribution in [0.2, 0.25) is 0 Å². The average Bonchev–Trinajstić information content (AvgIpc) is 3.82. The molecule has 8 nitrogen and oxygen atoms in total. The normalized spacial score (nSPS) is 14.7. The number of thiophene rings is 2. The summed E-state index contributed by atoms with van der Waals surface area (Å²) in [5.74, 6) is -0.855. The van der Waals surface area contributed by atoms with E-state index in [1.807, 2.05) is 22.9 Å². The number of nitrogens with zero attached hydrogens (tertiary/aromatic N) is 5. The summed E-state index contributed by atoms with van der Waals surface area (Å²) in [6, 6.07) is 18.9. The van der Waals surface area contributed by atoms with Crippen LogP contribution < -0.4 is 5.32 Å². The number of hydrazone groups is 1. The van der Waals surface area contributed by atoms with Gasteiger partial charge in [0.15, 0.2) is 11.0 Å². The smallest absolute Gasteiger partial charge is 0.261 e. The SMILES string of the molecule is O=C(NCc1nnc(SCC(=O)N2N=C(c3cccs3)C[C@@H]2c2ccc(F)cc2)n1-c1ccc(F)cc1)c1cccs1. The third-order valence-electron chi connectivity index (χ3n) is 6.49. The Morgan fingerprint density at radius 1 is 0.929 bits per heavy atom. The number of benzene rings is 2. The lowest BCUT2D eigenvalue weighted by Crippen LogP contribution is -2.28. The summed E-state index contributed by atoms with van der Waals surface area (Å²) >= 11 is 4.02. The molecule has 5 aromatic rings. The molecule has 212 valence electrons. The Balaban J connectivity index is 1.24. The van der Waals surface area contributed by atoms with Gasteiger partial charge in [0, 0.05) is 12.1 Å². The van der Waals surface area contributed by atoms with Gasteiger partial charge in [-0.25, -0.2) is 13.8 Å². The molecule has 0 bridgehead atoms. The molecule has 0 saturated carbocycles. The van der Waals surface area contributed by atoms with Gasteiger partial charge in [0.25, 0.3) is 11.8 Å². The van der Waals surface area contributed by atoms with Crippen molar-refractivity contribution in [2.75, 3.05) is 5.75 Å². The number of halogens is 2. The van der Waals surface area contributed by atoms with Crippen molar-refractivity contribution in [1.29, 1.82) is 0 Å². The van der Waals surface area contributed by atoms with Crippen LogP contribution in [0.5, 0.6) is 0 Å². The standard InChI is InChI=1S/C29H22F2N6O2S3/c30-19-7-5-18(6-8-19)23-15-22(24-3-1-13-40-24)35-37(23)27(38)17-42-29-34-33-26(16-32-28(39)25-4-2-14-41-25)36(29)21-11-9-20(31)10-12-21/h1-14,23H,15-17H2,(H,32,39)/t23-/m1/s1. The minimum Gasteiger partial charge on any atom is -0.344 e. The second-order valence-corrected chi connectivity index (χ2v) is 12.0. The molecule has 6 rings (SSSR count). The first-order chi connectivity index (χ1) is 20.5. The summed E-state index contributed by atoms with van der Waals surface area (Å²) < 4.78 is 29.0. The van der Waals surface area contributed by atoms with Gasteiger partial charge in [0.1, 0.15) is 11.6 Å². The maximum absolute atomic E-state index is 13.7. The number of nitrogens with one attached hydrogen (secondary N) is 1. The Labute approximate surface area is 251 Å². The zero-order valence-electron chi connectivity index (χ0n) is 21.8. The monoisotopic (exact) mass is 620 g/mol. The molecule has 1 aliphatic heterocycles. The fraction of sp³-hybridized carbons (Fsp3) is 0.138. The van der Waals surface area contributed by atoms with Gasteiger partial charge in [0.2, 0.25) is 0 Å². The third-order valence-corrected chi connectivity index (χ3v) is 9.19. The Bertz CT molecular complexity index is 1720. The van der Waals surface area contributed by atoms with Crippen LogP contribution in [0.3, 0.4) is 0 Å². The van der Waals surface area contributed by atoms with E-state index >= 15 is 0 Å². The highest BCUT2D eigenvalue weighted by Crippen LogP contribution is 2.35. The highest BCUT2D eigenvalue weighted by atomic mass is 32.2. The van der Waals surface area contributed by atoms with E-state index in [9.17, 15) is 18.4 Å². The first-order valence-electron chi connectivity index (χ1n) is 12.8. The lowest BCUT2D eigenvalue weighted by molar-refractivity contribution is -0.130. The molecule has 0 aliphatic carbocycles. The van der Waals surface area contributed by atoms with E-state index in [-0.39, 0.29) is 36.0 Å². The maximum Gasteiger partial charge on any atom is 0.261 e. The van der Waals surface area contributed by atoms with E-state index in [0.717, 1.165) is 27.9 Å². The number of carbonyl (C=O) groups excluding carboxylic acids is 2. The van der Waals surface area contributed by atoms with Gasteiger partial charge in [-0.15, -0.1) is 32.9 Å². The van der Waals surface area contributed by atoms with Crippen LogP contribution in [0, 0.1) is 11.6 Å². The van der Waals surface area contributed by atoms with Crippen LogP contribution in [0.4, 0.5) is 8.78 Å². The van der Waals surface area contributed by atoms with Crippen molar-refractivity contribution in [2.24, 2.45) is 5.10 Å². The molecular weight excluding hydrogens is 599 g/mol. The lowest BCUT2D eigenvalue weighted by atomic mass is 10.0. The second kappa shape index (κ2) is 12.3. The van der Waals surface area contributed by atoms with Gasteiger partial charge in [-0.05, 0) is 64.9 Å². The Morgan fingerprint density at radius 2 is 1.64 bits per heavy atom. The lowest BCUT2D eigenvalue weighted by Gasteiger charge is -2.22. The molecule has 2 aromatic carbocycles. The molecule has 13 heteroatoms. The van der Waals surface area contributed by atoms with E-state index in [4.69, 9.17) is 0 Å². The Kier molecular flexibility index (Phi) is 8.22. The quantitative estimate of drug-likeness (QED) is 0.202.